The van der Waals surface area contributed by atoms with Crippen LogP contribution in [0.4, 0.5) is 38.9 Å². The molecule has 3 amide bonds. The number of amidine groups is 1. The van der Waals surface area contributed by atoms with Crippen LogP contribution in [0.2, 0.25) is 10.0 Å². The fraction of sp³-hybridized carbons (Fsp3) is 0.340. The van der Waals surface area contributed by atoms with Crippen molar-refractivity contribution in [3.63, 3.8) is 0 Å². The molecule has 0 saturated carbocycles. The lowest BCUT2D eigenvalue weighted by molar-refractivity contribution is -0.153. The van der Waals surface area contributed by atoms with Crippen molar-refractivity contribution < 1.29 is 28.7 Å². The van der Waals surface area contributed by atoms with Crippen LogP contribution in [0, 0.1) is 36.5 Å². The minimum atomic E-state index is -1.10. The first kappa shape index (κ1) is 53.3. The third kappa shape index (κ3) is 11.8. The van der Waals surface area contributed by atoms with Gasteiger partial charge in [0.2, 0.25) is 0 Å². The Hall–Kier alpha value is -6.63. The Morgan fingerprint density at radius 1 is 0.696 bits per heavy atom. The predicted octanol–water partition coefficient (Wildman–Crippen LogP) is 10.7. The molecule has 0 radical (unpaired) electrons. The van der Waals surface area contributed by atoms with Crippen LogP contribution >= 0.6 is 47.6 Å². The number of ether oxygens (including phenoxy) is 2. The van der Waals surface area contributed by atoms with Crippen molar-refractivity contribution in [2.24, 2.45) is 4.99 Å². The van der Waals surface area contributed by atoms with Crippen LogP contribution in [0.25, 0.3) is 0 Å². The third-order valence-electron chi connectivity index (χ3n) is 10.6. The Labute approximate surface area is 423 Å². The SMILES string of the molecule is Cc1cc(N2C(=O)C(C)(C)N(c3ccc(Cl)c(N)c3)C2=S)ccc1C#N.Cc1cc(N2C(=O)C(C)(C)N(c3ccc(Cl)c(N=C(CC(=O)OC(C)(C)C)NC(=O)OC(C)(C)C)c3)C2=S)ccc1C#N. The smallest absolute Gasteiger partial charge is 0.413 e. The van der Waals surface area contributed by atoms with E-state index in [0.717, 1.165) is 5.56 Å². The molecule has 2 heterocycles. The average molecular weight is 1010 g/mol. The van der Waals surface area contributed by atoms with Gasteiger partial charge in [0.15, 0.2) is 10.2 Å². The molecule has 19 heteroatoms. The van der Waals surface area contributed by atoms with Crippen LogP contribution in [0.1, 0.15) is 97.9 Å². The molecule has 2 fully saturated rings. The van der Waals surface area contributed by atoms with Gasteiger partial charge in [-0.3, -0.25) is 29.5 Å². The number of nitrogens with zero attached hydrogens (tertiary/aromatic N) is 7. The Kier molecular flexibility index (Phi) is 15.6. The molecule has 2 aliphatic heterocycles. The minimum Gasteiger partial charge on any atom is -0.460 e. The molecular formula is C50H53Cl2N9O6S2. The first-order valence-electron chi connectivity index (χ1n) is 21.4. The topological polar surface area (TPSA) is 198 Å². The standard InChI is InChI=1S/C31H36ClN5O5S.C19H17ClN4OS/c1-18-14-20(11-10-19(18)17-33)36-26(39)31(8,9)37(28(36)43)21-12-13-22(32)23(15-21)34-24(16-25(38)41-29(2,3)4)35-27(40)42-30(5,6)7;1-11-8-13(5-4-12(11)10-21)23-17(25)19(2,3)24(18(23)26)14-6-7-15(20)16(22)9-14/h10-15H,16H2,1-9H3,(H,34,35,40);4-9H,22H2,1-3H3. The largest absolute Gasteiger partial charge is 0.460 e. The van der Waals surface area contributed by atoms with E-state index < -0.39 is 34.3 Å². The molecule has 0 unspecified atom stereocenters. The number of nitrogens with one attached hydrogen (secondary N) is 1. The first-order chi connectivity index (χ1) is 31.9. The zero-order chi connectivity index (χ0) is 51.7. The number of alkyl carbamates (subject to hydrolysis) is 1. The summed E-state index contributed by atoms with van der Waals surface area (Å²) in [6, 6.07) is 24.6. The Balaban J connectivity index is 0.000000290. The number of carbonyl (C=O) groups is 4. The molecule has 360 valence electrons. The van der Waals surface area contributed by atoms with E-state index in [0.29, 0.717) is 55.3 Å². The number of thiocarbonyl (C=S) groups is 2. The van der Waals surface area contributed by atoms with E-state index in [2.05, 4.69) is 22.4 Å². The molecular weight excluding hydrogens is 958 g/mol. The summed E-state index contributed by atoms with van der Waals surface area (Å²) in [5.74, 6) is -1.08. The van der Waals surface area contributed by atoms with Crippen LogP contribution < -0.4 is 30.7 Å². The van der Waals surface area contributed by atoms with Crippen LogP contribution in [-0.2, 0) is 23.9 Å². The van der Waals surface area contributed by atoms with Gasteiger partial charge in [-0.25, -0.2) is 9.79 Å². The number of amides is 3. The van der Waals surface area contributed by atoms with Crippen molar-refractivity contribution in [3.8, 4) is 12.1 Å². The maximum absolute atomic E-state index is 13.7. The summed E-state index contributed by atoms with van der Waals surface area (Å²) in [6.45, 7) is 21.0. The zero-order valence-corrected chi connectivity index (χ0v) is 43.5. The monoisotopic (exact) mass is 1010 g/mol. The Bertz CT molecular complexity index is 2880. The van der Waals surface area contributed by atoms with Gasteiger partial charge in [0.1, 0.15) is 34.5 Å². The van der Waals surface area contributed by atoms with E-state index in [1.54, 1.807) is 145 Å². The van der Waals surface area contributed by atoms with Gasteiger partial charge >= 0.3 is 12.1 Å². The first-order valence-corrected chi connectivity index (χ1v) is 23.0. The average Bonchev–Trinajstić information content (AvgIpc) is 3.52. The van der Waals surface area contributed by atoms with Crippen LogP contribution in [0.15, 0.2) is 77.8 Å². The molecule has 4 aromatic rings. The van der Waals surface area contributed by atoms with E-state index in [-0.39, 0.29) is 39.9 Å². The van der Waals surface area contributed by atoms with Crippen molar-refractivity contribution in [2.45, 2.75) is 112 Å². The summed E-state index contributed by atoms with van der Waals surface area (Å²) in [4.78, 5) is 62.9. The molecule has 2 saturated heterocycles. The molecule has 0 spiro atoms. The molecule has 15 nitrogen and oxygen atoms in total. The lowest BCUT2D eigenvalue weighted by Crippen LogP contribution is -2.44. The maximum Gasteiger partial charge on any atom is 0.413 e. The van der Waals surface area contributed by atoms with Crippen molar-refractivity contribution in [1.82, 2.24) is 5.32 Å². The quantitative estimate of drug-likeness (QED) is 0.0583. The summed E-state index contributed by atoms with van der Waals surface area (Å²) in [5.41, 5.74) is 7.96. The lowest BCUT2D eigenvalue weighted by Gasteiger charge is -2.29. The molecule has 2 aliphatic rings. The van der Waals surface area contributed by atoms with Crippen molar-refractivity contribution in [3.05, 3.63) is 105 Å². The zero-order valence-electron chi connectivity index (χ0n) is 40.4. The molecule has 0 atom stereocenters. The number of hydrogen-bond donors (Lipinski definition) is 2. The highest BCUT2D eigenvalue weighted by Crippen LogP contribution is 2.41. The normalized spacial score (nSPS) is 15.6. The highest BCUT2D eigenvalue weighted by atomic mass is 35.5. The summed E-state index contributed by atoms with van der Waals surface area (Å²) in [7, 11) is 0. The number of esters is 1. The number of nitrogen functional groups attached to an aromatic ring is 1. The van der Waals surface area contributed by atoms with Crippen molar-refractivity contribution in [1.29, 1.82) is 10.5 Å². The molecule has 69 heavy (non-hydrogen) atoms. The summed E-state index contributed by atoms with van der Waals surface area (Å²) in [5, 5.41) is 22.2. The maximum atomic E-state index is 13.7. The van der Waals surface area contributed by atoms with Crippen LogP contribution in [0.5, 0.6) is 0 Å². The van der Waals surface area contributed by atoms with Gasteiger partial charge in [0.25, 0.3) is 11.8 Å². The van der Waals surface area contributed by atoms with Gasteiger partial charge < -0.3 is 25.0 Å². The van der Waals surface area contributed by atoms with E-state index in [1.165, 1.54) is 9.80 Å². The molecule has 0 aliphatic carbocycles. The minimum absolute atomic E-state index is 0.0448. The van der Waals surface area contributed by atoms with E-state index in [4.69, 9.17) is 68.1 Å². The summed E-state index contributed by atoms with van der Waals surface area (Å²) < 4.78 is 10.8. The third-order valence-corrected chi connectivity index (χ3v) is 12.0. The van der Waals surface area contributed by atoms with Crippen LogP contribution in [-0.4, -0.2) is 62.2 Å². The lowest BCUT2D eigenvalue weighted by atomic mass is 10.0. The second-order valence-corrected chi connectivity index (χ2v) is 20.7. The highest BCUT2D eigenvalue weighted by molar-refractivity contribution is 7.81. The predicted molar refractivity (Wildman–Crippen MR) is 279 cm³/mol. The van der Waals surface area contributed by atoms with E-state index in [9.17, 15) is 24.4 Å². The van der Waals surface area contributed by atoms with Gasteiger partial charge in [-0.15, -0.1) is 0 Å². The number of hydrogen-bond acceptors (Lipinski definition) is 12. The van der Waals surface area contributed by atoms with Crippen molar-refractivity contribution in [2.75, 3.05) is 25.3 Å². The number of aryl methyl sites for hydroxylation is 2. The van der Waals surface area contributed by atoms with Crippen LogP contribution in [0.3, 0.4) is 0 Å². The number of rotatable bonds is 7. The van der Waals surface area contributed by atoms with Gasteiger partial charge in [0.05, 0.1) is 56.1 Å². The number of carbonyl (C=O) groups excluding carboxylic acids is 4. The number of nitriles is 2. The number of benzene rings is 4. The van der Waals surface area contributed by atoms with E-state index in [1.807, 2.05) is 20.8 Å². The Morgan fingerprint density at radius 3 is 1.52 bits per heavy atom. The molecule has 6 rings (SSSR count). The summed E-state index contributed by atoms with van der Waals surface area (Å²) >= 11 is 24.0. The number of nitrogens with two attached hydrogens (primary N) is 1. The fourth-order valence-electron chi connectivity index (χ4n) is 7.33. The van der Waals surface area contributed by atoms with E-state index >= 15 is 0 Å². The highest BCUT2D eigenvalue weighted by Gasteiger charge is 2.51. The second-order valence-electron chi connectivity index (χ2n) is 19.1. The summed E-state index contributed by atoms with van der Waals surface area (Å²) in [6.07, 6.45) is -1.17. The van der Waals surface area contributed by atoms with Gasteiger partial charge in [-0.05, 0) is 191 Å². The Morgan fingerprint density at radius 2 is 1.12 bits per heavy atom. The van der Waals surface area contributed by atoms with Gasteiger partial charge in [0, 0.05) is 11.4 Å². The molecule has 4 aromatic carbocycles. The molecule has 0 bridgehead atoms. The number of halogens is 2. The number of aliphatic imine (C=N–C) groups is 1. The molecule has 3 N–H and O–H groups in total. The van der Waals surface area contributed by atoms with Gasteiger partial charge in [-0.1, -0.05) is 23.2 Å². The fourth-order valence-corrected chi connectivity index (χ4v) is 8.65. The second kappa shape index (κ2) is 20.1. The number of anilines is 5. The van der Waals surface area contributed by atoms with Crippen molar-refractivity contribution >= 4 is 122 Å². The van der Waals surface area contributed by atoms with Gasteiger partial charge in [-0.2, -0.15) is 10.5 Å². The molecule has 0 aromatic heterocycles.